The van der Waals surface area contributed by atoms with E-state index in [2.05, 4.69) is 18.2 Å². The highest BCUT2D eigenvalue weighted by Crippen LogP contribution is 2.41. The molecule has 4 rings (SSSR count). The number of benzene rings is 3. The normalized spacial score (nSPS) is 15.5. The number of carbonyl (C=O) groups excluding carboxylic acids is 1. The average Bonchev–Trinajstić information content (AvgIpc) is 3.00. The first-order valence-corrected chi connectivity index (χ1v) is 9.82. The van der Waals surface area contributed by atoms with Crippen molar-refractivity contribution in [1.29, 1.82) is 0 Å². The third-order valence-corrected chi connectivity index (χ3v) is 5.83. The van der Waals surface area contributed by atoms with E-state index in [4.69, 9.17) is 21.7 Å². The number of rotatable bonds is 4. The number of amides is 1. The summed E-state index contributed by atoms with van der Waals surface area (Å²) in [6.45, 7) is 0. The number of anilines is 1. The molecule has 0 aliphatic carbocycles. The Morgan fingerprint density at radius 3 is 2.57 bits per heavy atom. The van der Waals surface area contributed by atoms with Crippen LogP contribution in [-0.4, -0.2) is 24.4 Å². The van der Waals surface area contributed by atoms with Gasteiger partial charge in [0.25, 0.3) is 5.91 Å². The van der Waals surface area contributed by atoms with E-state index < -0.39 is 0 Å². The molecule has 0 N–H and O–H groups in total. The monoisotopic (exact) mass is 407 g/mol. The van der Waals surface area contributed by atoms with Crippen molar-refractivity contribution in [1.82, 2.24) is 0 Å². The van der Waals surface area contributed by atoms with Gasteiger partial charge in [-0.3, -0.25) is 9.69 Å². The third-order valence-electron chi connectivity index (χ3n) is 4.53. The van der Waals surface area contributed by atoms with Crippen LogP contribution in [-0.2, 0) is 4.79 Å². The molecule has 3 aromatic carbocycles. The van der Waals surface area contributed by atoms with E-state index in [1.165, 1.54) is 16.7 Å². The molecule has 0 bridgehead atoms. The lowest BCUT2D eigenvalue weighted by atomic mass is 10.0. The van der Waals surface area contributed by atoms with Gasteiger partial charge in [0.1, 0.15) is 11.5 Å². The quantitative estimate of drug-likeness (QED) is 0.436. The van der Waals surface area contributed by atoms with Crippen molar-refractivity contribution in [2.75, 3.05) is 19.1 Å². The van der Waals surface area contributed by atoms with Crippen molar-refractivity contribution in [3.63, 3.8) is 0 Å². The van der Waals surface area contributed by atoms with Crippen LogP contribution in [0.1, 0.15) is 5.56 Å². The number of fused-ring (bicyclic) bond motifs is 1. The zero-order chi connectivity index (χ0) is 19.7. The van der Waals surface area contributed by atoms with Crippen LogP contribution in [0.15, 0.2) is 65.6 Å². The molecule has 6 heteroatoms. The fraction of sp³-hybridized carbons (Fsp3) is 0.0909. The van der Waals surface area contributed by atoms with E-state index in [-0.39, 0.29) is 5.91 Å². The average molecular weight is 408 g/mol. The van der Waals surface area contributed by atoms with E-state index >= 15 is 0 Å². The minimum Gasteiger partial charge on any atom is -0.497 e. The number of hydrogen-bond acceptors (Lipinski definition) is 5. The highest BCUT2D eigenvalue weighted by molar-refractivity contribution is 8.27. The van der Waals surface area contributed by atoms with Crippen LogP contribution in [0, 0.1) is 0 Å². The molecule has 0 aromatic heterocycles. The van der Waals surface area contributed by atoms with Crippen LogP contribution in [0.5, 0.6) is 11.5 Å². The summed E-state index contributed by atoms with van der Waals surface area (Å²) in [4.78, 5) is 15.2. The summed E-state index contributed by atoms with van der Waals surface area (Å²) in [5.41, 5.74) is 1.59. The number of thiocarbonyl (C=S) groups is 1. The number of methoxy groups -OCH3 is 2. The van der Waals surface area contributed by atoms with Crippen molar-refractivity contribution < 1.29 is 14.3 Å². The number of nitrogens with zero attached hydrogens (tertiary/aromatic N) is 1. The standard InChI is InChI=1S/C22H17NO3S2/c1-25-16-10-11-18(19(13-16)26-2)23-21(24)20(28-22(23)27)12-15-8-5-7-14-6-3-4-9-17(14)15/h3-13H,1-2H3/b20-12-. The summed E-state index contributed by atoms with van der Waals surface area (Å²) in [6, 6.07) is 19.4. The molecule has 1 aliphatic rings. The Bertz CT molecular complexity index is 1120. The van der Waals surface area contributed by atoms with Crippen LogP contribution in [0.2, 0.25) is 0 Å². The van der Waals surface area contributed by atoms with Crippen molar-refractivity contribution in [2.24, 2.45) is 0 Å². The first kappa shape index (κ1) is 18.5. The maximum absolute atomic E-state index is 13.1. The maximum Gasteiger partial charge on any atom is 0.270 e. The summed E-state index contributed by atoms with van der Waals surface area (Å²) in [6.07, 6.45) is 1.90. The van der Waals surface area contributed by atoms with E-state index in [1.807, 2.05) is 30.3 Å². The first-order valence-electron chi connectivity index (χ1n) is 8.60. The van der Waals surface area contributed by atoms with Gasteiger partial charge < -0.3 is 9.47 Å². The molecule has 0 saturated carbocycles. The molecule has 1 aliphatic heterocycles. The van der Waals surface area contributed by atoms with E-state index in [0.717, 1.165) is 16.3 Å². The molecule has 140 valence electrons. The van der Waals surface area contributed by atoms with E-state index in [0.29, 0.717) is 26.4 Å². The van der Waals surface area contributed by atoms with Gasteiger partial charge in [0, 0.05) is 6.07 Å². The first-order chi connectivity index (χ1) is 13.6. The van der Waals surface area contributed by atoms with Gasteiger partial charge in [-0.25, -0.2) is 0 Å². The summed E-state index contributed by atoms with van der Waals surface area (Å²) < 4.78 is 11.2. The molecule has 28 heavy (non-hydrogen) atoms. The lowest BCUT2D eigenvalue weighted by Gasteiger charge is -2.18. The molecular weight excluding hydrogens is 390 g/mol. The van der Waals surface area contributed by atoms with Gasteiger partial charge in [0.15, 0.2) is 4.32 Å². The van der Waals surface area contributed by atoms with Crippen LogP contribution in [0.3, 0.4) is 0 Å². The molecule has 1 heterocycles. The second-order valence-electron chi connectivity index (χ2n) is 6.12. The minimum absolute atomic E-state index is 0.161. The Hall–Kier alpha value is -2.83. The Morgan fingerprint density at radius 1 is 1.00 bits per heavy atom. The SMILES string of the molecule is COc1ccc(N2C(=O)/C(=C/c3cccc4ccccc34)SC2=S)c(OC)c1. The van der Waals surface area contributed by atoms with Gasteiger partial charge in [-0.1, -0.05) is 66.4 Å². The molecule has 3 aromatic rings. The van der Waals surface area contributed by atoms with Gasteiger partial charge in [-0.15, -0.1) is 0 Å². The summed E-state index contributed by atoms with van der Waals surface area (Å²) >= 11 is 6.79. The Balaban J connectivity index is 1.74. The number of hydrogen-bond donors (Lipinski definition) is 0. The smallest absolute Gasteiger partial charge is 0.270 e. The number of carbonyl (C=O) groups is 1. The van der Waals surface area contributed by atoms with Gasteiger partial charge >= 0.3 is 0 Å². The molecule has 1 amide bonds. The van der Waals surface area contributed by atoms with E-state index in [9.17, 15) is 4.79 Å². The van der Waals surface area contributed by atoms with Gasteiger partial charge in [-0.2, -0.15) is 0 Å². The van der Waals surface area contributed by atoms with Gasteiger partial charge in [0.2, 0.25) is 0 Å². The van der Waals surface area contributed by atoms with Crippen molar-refractivity contribution in [2.45, 2.75) is 0 Å². The van der Waals surface area contributed by atoms with Crippen molar-refractivity contribution in [3.05, 3.63) is 71.1 Å². The number of ether oxygens (including phenoxy) is 2. The summed E-state index contributed by atoms with van der Waals surface area (Å²) in [7, 11) is 3.14. The molecule has 1 fully saturated rings. The Labute approximate surface area is 172 Å². The molecular formula is C22H17NO3S2. The van der Waals surface area contributed by atoms with Gasteiger partial charge in [0.05, 0.1) is 24.8 Å². The third kappa shape index (κ3) is 3.25. The molecule has 0 radical (unpaired) electrons. The lowest BCUT2D eigenvalue weighted by Crippen LogP contribution is -2.27. The van der Waals surface area contributed by atoms with E-state index in [1.54, 1.807) is 32.4 Å². The highest BCUT2D eigenvalue weighted by Gasteiger charge is 2.35. The van der Waals surface area contributed by atoms with Crippen LogP contribution in [0.25, 0.3) is 16.8 Å². The van der Waals surface area contributed by atoms with Crippen molar-refractivity contribution >= 4 is 56.7 Å². The second-order valence-corrected chi connectivity index (χ2v) is 7.80. The zero-order valence-corrected chi connectivity index (χ0v) is 17.0. The predicted octanol–water partition coefficient (Wildman–Crippen LogP) is 5.26. The zero-order valence-electron chi connectivity index (χ0n) is 15.3. The summed E-state index contributed by atoms with van der Waals surface area (Å²) in [5, 5.41) is 2.22. The predicted molar refractivity (Wildman–Crippen MR) is 119 cm³/mol. The number of thioether (sulfide) groups is 1. The molecule has 0 spiro atoms. The van der Waals surface area contributed by atoms with Crippen LogP contribution < -0.4 is 14.4 Å². The minimum atomic E-state index is -0.161. The second kappa shape index (κ2) is 7.66. The maximum atomic E-state index is 13.1. The van der Waals surface area contributed by atoms with Crippen molar-refractivity contribution in [3.8, 4) is 11.5 Å². The van der Waals surface area contributed by atoms with Gasteiger partial charge in [-0.05, 0) is 34.5 Å². The fourth-order valence-corrected chi connectivity index (χ4v) is 4.44. The Morgan fingerprint density at radius 2 is 1.79 bits per heavy atom. The Kier molecular flexibility index (Phi) is 5.07. The highest BCUT2D eigenvalue weighted by atomic mass is 32.2. The molecule has 1 saturated heterocycles. The fourth-order valence-electron chi connectivity index (χ4n) is 3.16. The summed E-state index contributed by atoms with van der Waals surface area (Å²) in [5.74, 6) is 1.02. The van der Waals surface area contributed by atoms with Crippen LogP contribution >= 0.6 is 24.0 Å². The van der Waals surface area contributed by atoms with Crippen LogP contribution in [0.4, 0.5) is 5.69 Å². The molecule has 4 nitrogen and oxygen atoms in total. The molecule has 0 unspecified atom stereocenters. The molecule has 0 atom stereocenters. The topological polar surface area (TPSA) is 38.8 Å². The largest absolute Gasteiger partial charge is 0.497 e. The lowest BCUT2D eigenvalue weighted by molar-refractivity contribution is -0.113.